The molecule has 0 aliphatic heterocycles. The third kappa shape index (κ3) is 9.94. The fraction of sp³-hybridized carbons (Fsp3) is 0.146. The third-order valence-electron chi connectivity index (χ3n) is 8.32. The molecule has 11 heteroatoms. The van der Waals surface area contributed by atoms with Crippen LogP contribution in [0.5, 0.6) is 23.3 Å². The van der Waals surface area contributed by atoms with E-state index in [0.29, 0.717) is 11.8 Å². The Morgan fingerprint density at radius 2 is 1.00 bits per heavy atom. The van der Waals surface area contributed by atoms with Crippen LogP contribution in [0.3, 0.4) is 0 Å². The van der Waals surface area contributed by atoms with Crippen LogP contribution >= 0.6 is 15.9 Å². The number of H-pyrrole nitrogens is 1. The zero-order valence-electron chi connectivity index (χ0n) is 28.9. The molecule has 0 amide bonds. The van der Waals surface area contributed by atoms with Gasteiger partial charge in [-0.15, -0.1) is 0 Å². The van der Waals surface area contributed by atoms with Gasteiger partial charge in [-0.2, -0.15) is 5.10 Å². The summed E-state index contributed by atoms with van der Waals surface area (Å²) in [5.41, 5.74) is 7.21. The SMILES string of the molecule is CNCC(c1ccc(Br)cc1)c1ccc(Oc2cnccn2)cc1.CNCC(c1ccc(Oc2cnccn2)cc1)c1ccc(-c2cn[nH]c2)cc1. The van der Waals surface area contributed by atoms with E-state index in [2.05, 4.69) is 129 Å². The van der Waals surface area contributed by atoms with Gasteiger partial charge >= 0.3 is 0 Å². The van der Waals surface area contributed by atoms with Crippen LogP contribution in [-0.2, 0) is 0 Å². The Morgan fingerprint density at radius 1 is 0.558 bits per heavy atom. The normalized spacial score (nSPS) is 11.9. The van der Waals surface area contributed by atoms with Crippen LogP contribution < -0.4 is 20.1 Å². The van der Waals surface area contributed by atoms with Crippen molar-refractivity contribution in [2.75, 3.05) is 27.2 Å². The Morgan fingerprint density at radius 3 is 1.38 bits per heavy atom. The molecule has 2 unspecified atom stereocenters. The lowest BCUT2D eigenvalue weighted by Gasteiger charge is -2.18. The molecule has 0 aliphatic rings. The zero-order chi connectivity index (χ0) is 36.0. The van der Waals surface area contributed by atoms with E-state index in [0.717, 1.165) is 40.2 Å². The largest absolute Gasteiger partial charge is 0.438 e. The van der Waals surface area contributed by atoms with Crippen molar-refractivity contribution < 1.29 is 9.47 Å². The highest BCUT2D eigenvalue weighted by atomic mass is 79.9. The second-order valence-electron chi connectivity index (χ2n) is 11.8. The summed E-state index contributed by atoms with van der Waals surface area (Å²) in [5.74, 6) is 2.99. The monoisotopic (exact) mass is 754 g/mol. The van der Waals surface area contributed by atoms with Crippen LogP contribution in [-0.4, -0.2) is 57.3 Å². The maximum Gasteiger partial charge on any atom is 0.237 e. The molecule has 0 saturated carbocycles. The Bertz CT molecular complexity index is 2050. The van der Waals surface area contributed by atoms with Crippen molar-refractivity contribution in [3.05, 3.63) is 173 Å². The maximum atomic E-state index is 5.74. The van der Waals surface area contributed by atoms with E-state index in [-0.39, 0.29) is 11.8 Å². The molecular weight excluding hydrogens is 716 g/mol. The molecule has 52 heavy (non-hydrogen) atoms. The lowest BCUT2D eigenvalue weighted by atomic mass is 9.90. The van der Waals surface area contributed by atoms with Gasteiger partial charge in [0.05, 0.1) is 18.6 Å². The molecule has 4 aromatic carbocycles. The molecule has 0 bridgehead atoms. The number of aromatic nitrogens is 6. The first-order valence-corrected chi connectivity index (χ1v) is 17.6. The average Bonchev–Trinajstić information content (AvgIpc) is 3.74. The molecular formula is C41H39BrN8O2. The lowest BCUT2D eigenvalue weighted by Crippen LogP contribution is -2.18. The van der Waals surface area contributed by atoms with Crippen molar-refractivity contribution in [2.45, 2.75) is 11.8 Å². The molecule has 7 rings (SSSR count). The summed E-state index contributed by atoms with van der Waals surface area (Å²) in [6.07, 6.45) is 13.4. The van der Waals surface area contributed by atoms with Crippen LogP contribution in [0.15, 0.2) is 151 Å². The number of aromatic amines is 1. The molecule has 3 aromatic heterocycles. The predicted octanol–water partition coefficient (Wildman–Crippen LogP) is 8.39. The van der Waals surface area contributed by atoms with Crippen molar-refractivity contribution in [1.82, 2.24) is 40.8 Å². The molecule has 0 radical (unpaired) electrons. The van der Waals surface area contributed by atoms with E-state index < -0.39 is 0 Å². The van der Waals surface area contributed by atoms with E-state index in [1.54, 1.807) is 37.2 Å². The van der Waals surface area contributed by atoms with Gasteiger partial charge in [0.1, 0.15) is 11.5 Å². The first-order valence-electron chi connectivity index (χ1n) is 16.8. The molecule has 0 spiro atoms. The van der Waals surface area contributed by atoms with Gasteiger partial charge in [-0.25, -0.2) is 9.97 Å². The number of benzene rings is 4. The van der Waals surface area contributed by atoms with Crippen molar-refractivity contribution in [3.8, 4) is 34.4 Å². The number of nitrogens with zero attached hydrogens (tertiary/aromatic N) is 5. The summed E-state index contributed by atoms with van der Waals surface area (Å²) in [6, 6.07) is 33.3. The molecule has 10 nitrogen and oxygen atoms in total. The standard InChI is InChI=1S/C22H21N5O.C19H18BrN3O/c1-23-14-21(17-4-2-16(3-5-17)19-12-26-27-13-19)18-6-8-20(9-7-18)28-22-15-24-10-11-25-22;1-21-12-18(14-2-6-16(20)7-3-14)15-4-8-17(9-5-15)24-19-13-22-10-11-23-19/h2-13,15,21,23H,14H2,1H3,(H,26,27);2-11,13,18,21H,12H2,1H3. The fourth-order valence-corrected chi connectivity index (χ4v) is 5.99. The first-order chi connectivity index (χ1) is 25.6. The smallest absolute Gasteiger partial charge is 0.237 e. The van der Waals surface area contributed by atoms with Gasteiger partial charge in [-0.3, -0.25) is 15.1 Å². The van der Waals surface area contributed by atoms with Gasteiger partial charge in [0.2, 0.25) is 11.8 Å². The summed E-state index contributed by atoms with van der Waals surface area (Å²) >= 11 is 3.49. The minimum absolute atomic E-state index is 0.244. The van der Waals surface area contributed by atoms with Gasteiger partial charge in [0, 0.05) is 65.9 Å². The van der Waals surface area contributed by atoms with E-state index in [1.807, 2.05) is 50.8 Å². The zero-order valence-corrected chi connectivity index (χ0v) is 30.4. The molecule has 262 valence electrons. The van der Waals surface area contributed by atoms with Gasteiger partial charge in [-0.1, -0.05) is 76.6 Å². The molecule has 3 heterocycles. The quantitative estimate of drug-likeness (QED) is 0.107. The maximum absolute atomic E-state index is 5.74. The molecule has 2 atom stereocenters. The van der Waals surface area contributed by atoms with E-state index in [4.69, 9.17) is 9.47 Å². The van der Waals surface area contributed by atoms with Crippen LogP contribution in [0.25, 0.3) is 11.1 Å². The molecule has 0 fully saturated rings. The van der Waals surface area contributed by atoms with Crippen LogP contribution in [0.1, 0.15) is 34.1 Å². The molecule has 0 aliphatic carbocycles. The highest BCUT2D eigenvalue weighted by molar-refractivity contribution is 9.10. The van der Waals surface area contributed by atoms with Gasteiger partial charge in [-0.05, 0) is 78.3 Å². The van der Waals surface area contributed by atoms with E-state index in [9.17, 15) is 0 Å². The summed E-state index contributed by atoms with van der Waals surface area (Å²) < 4.78 is 12.5. The third-order valence-corrected chi connectivity index (χ3v) is 8.85. The number of hydrogen-bond acceptors (Lipinski definition) is 9. The summed E-state index contributed by atoms with van der Waals surface area (Å²) in [4.78, 5) is 16.3. The Balaban J connectivity index is 0.000000181. The van der Waals surface area contributed by atoms with E-state index in [1.165, 1.54) is 22.3 Å². The number of ether oxygens (including phenoxy) is 2. The molecule has 3 N–H and O–H groups in total. The van der Waals surface area contributed by atoms with Crippen molar-refractivity contribution in [1.29, 1.82) is 0 Å². The topological polar surface area (TPSA) is 123 Å². The number of rotatable bonds is 13. The average molecular weight is 756 g/mol. The van der Waals surface area contributed by atoms with Gasteiger partial charge < -0.3 is 20.1 Å². The minimum Gasteiger partial charge on any atom is -0.438 e. The number of likely N-dealkylation sites (N-methyl/N-ethyl adjacent to an activating group) is 2. The summed E-state index contributed by atoms with van der Waals surface area (Å²) in [6.45, 7) is 1.71. The minimum atomic E-state index is 0.244. The van der Waals surface area contributed by atoms with Crippen LogP contribution in [0.2, 0.25) is 0 Å². The molecule has 0 saturated heterocycles. The second-order valence-corrected chi connectivity index (χ2v) is 12.7. The van der Waals surface area contributed by atoms with Crippen LogP contribution in [0.4, 0.5) is 0 Å². The number of hydrogen-bond donors (Lipinski definition) is 3. The Hall–Kier alpha value is -5.75. The summed E-state index contributed by atoms with van der Waals surface area (Å²) in [5, 5.41) is 13.4. The first kappa shape index (κ1) is 36.1. The molecule has 7 aromatic rings. The number of halogens is 1. The lowest BCUT2D eigenvalue weighted by molar-refractivity contribution is 0.459. The predicted molar refractivity (Wildman–Crippen MR) is 207 cm³/mol. The van der Waals surface area contributed by atoms with Crippen molar-refractivity contribution >= 4 is 15.9 Å². The second kappa shape index (κ2) is 18.5. The fourth-order valence-electron chi connectivity index (χ4n) is 5.73. The van der Waals surface area contributed by atoms with Crippen molar-refractivity contribution in [2.24, 2.45) is 0 Å². The van der Waals surface area contributed by atoms with Crippen LogP contribution in [0, 0.1) is 0 Å². The Labute approximate surface area is 311 Å². The van der Waals surface area contributed by atoms with Gasteiger partial charge in [0.25, 0.3) is 0 Å². The van der Waals surface area contributed by atoms with Gasteiger partial charge in [0.15, 0.2) is 0 Å². The number of nitrogens with one attached hydrogen (secondary N) is 3. The van der Waals surface area contributed by atoms with Crippen molar-refractivity contribution in [3.63, 3.8) is 0 Å². The Kier molecular flexibility index (Phi) is 12.8. The summed E-state index contributed by atoms with van der Waals surface area (Å²) in [7, 11) is 3.94. The van der Waals surface area contributed by atoms with E-state index >= 15 is 0 Å². The highest BCUT2D eigenvalue weighted by Crippen LogP contribution is 2.30. The highest BCUT2D eigenvalue weighted by Gasteiger charge is 2.15.